The van der Waals surface area contributed by atoms with Crippen LogP contribution in [0.4, 0.5) is 5.69 Å². The first-order valence-electron chi connectivity index (χ1n) is 6.62. The Labute approximate surface area is 106 Å². The van der Waals surface area contributed by atoms with Crippen molar-refractivity contribution in [3.63, 3.8) is 0 Å². The van der Waals surface area contributed by atoms with E-state index in [2.05, 4.69) is 62.3 Å². The molecule has 0 aliphatic heterocycles. The molecule has 2 unspecified atom stereocenters. The van der Waals surface area contributed by atoms with Crippen LogP contribution in [0, 0.1) is 5.92 Å². The summed E-state index contributed by atoms with van der Waals surface area (Å²) in [6.45, 7) is 9.02. The molecule has 17 heavy (non-hydrogen) atoms. The monoisotopic (exact) mass is 234 g/mol. The van der Waals surface area contributed by atoms with Crippen LogP contribution in [0.25, 0.3) is 0 Å². The maximum absolute atomic E-state index is 3.47. The number of anilines is 1. The van der Waals surface area contributed by atoms with Crippen LogP contribution in [-0.2, 0) is 0 Å². The fourth-order valence-electron chi connectivity index (χ4n) is 1.78. The molecule has 0 heterocycles. The van der Waals surface area contributed by atoms with Gasteiger partial charge in [0.05, 0.1) is 0 Å². The average molecular weight is 234 g/mol. The van der Waals surface area contributed by atoms with Crippen molar-refractivity contribution in [2.24, 2.45) is 5.92 Å². The lowest BCUT2D eigenvalue weighted by Gasteiger charge is -2.27. The summed E-state index contributed by atoms with van der Waals surface area (Å²) in [5, 5.41) is 3.47. The molecule has 0 saturated carbocycles. The van der Waals surface area contributed by atoms with E-state index in [1.807, 2.05) is 6.07 Å². The zero-order valence-corrected chi connectivity index (χ0v) is 11.6. The molecular weight excluding hydrogens is 208 g/mol. The quantitative estimate of drug-likeness (QED) is 0.777. The summed E-state index contributed by atoms with van der Waals surface area (Å²) in [7, 11) is 2.21. The summed E-state index contributed by atoms with van der Waals surface area (Å²) in [6.07, 6.45) is 1.25. The fraction of sp³-hybridized carbons (Fsp3) is 0.600. The summed E-state index contributed by atoms with van der Waals surface area (Å²) in [5.41, 5.74) is 1.20. The Kier molecular flexibility index (Phi) is 6.06. The second kappa shape index (κ2) is 7.33. The lowest BCUT2D eigenvalue weighted by molar-refractivity contribution is 0.229. The van der Waals surface area contributed by atoms with E-state index >= 15 is 0 Å². The van der Waals surface area contributed by atoms with Crippen LogP contribution in [-0.4, -0.2) is 31.1 Å². The molecule has 2 nitrogen and oxygen atoms in total. The number of hydrogen-bond acceptors (Lipinski definition) is 2. The van der Waals surface area contributed by atoms with Crippen LogP contribution < -0.4 is 5.32 Å². The van der Waals surface area contributed by atoms with E-state index in [4.69, 9.17) is 0 Å². The molecule has 0 amide bonds. The third-order valence-corrected chi connectivity index (χ3v) is 3.42. The van der Waals surface area contributed by atoms with Crippen molar-refractivity contribution in [2.75, 3.05) is 25.5 Å². The molecule has 2 heteroatoms. The predicted octanol–water partition coefficient (Wildman–Crippen LogP) is 3.46. The smallest absolute Gasteiger partial charge is 0.0340 e. The van der Waals surface area contributed by atoms with Gasteiger partial charge >= 0.3 is 0 Å². The lowest BCUT2D eigenvalue weighted by atomic mass is 10.1. The molecule has 0 spiro atoms. The van der Waals surface area contributed by atoms with Gasteiger partial charge in [-0.1, -0.05) is 38.5 Å². The zero-order chi connectivity index (χ0) is 12.7. The van der Waals surface area contributed by atoms with Crippen LogP contribution in [0.3, 0.4) is 0 Å². The van der Waals surface area contributed by atoms with Gasteiger partial charge in [0.15, 0.2) is 0 Å². The van der Waals surface area contributed by atoms with Crippen LogP contribution in [0.15, 0.2) is 30.3 Å². The van der Waals surface area contributed by atoms with Crippen LogP contribution >= 0.6 is 0 Å². The number of nitrogens with zero attached hydrogens (tertiary/aromatic N) is 1. The Hall–Kier alpha value is -1.02. The minimum Gasteiger partial charge on any atom is -0.383 e. The topological polar surface area (TPSA) is 15.3 Å². The van der Waals surface area contributed by atoms with E-state index in [0.29, 0.717) is 6.04 Å². The minimum atomic E-state index is 0.559. The molecule has 1 rings (SSSR count). The van der Waals surface area contributed by atoms with Gasteiger partial charge in [-0.2, -0.15) is 0 Å². The lowest BCUT2D eigenvalue weighted by Crippen LogP contribution is -2.37. The van der Waals surface area contributed by atoms with E-state index in [1.54, 1.807) is 0 Å². The van der Waals surface area contributed by atoms with E-state index in [-0.39, 0.29) is 0 Å². The van der Waals surface area contributed by atoms with Gasteiger partial charge in [0, 0.05) is 24.8 Å². The largest absolute Gasteiger partial charge is 0.383 e. The normalized spacial score (nSPS) is 14.6. The van der Waals surface area contributed by atoms with E-state index in [1.165, 1.54) is 18.7 Å². The Bertz CT molecular complexity index is 297. The number of hydrogen-bond donors (Lipinski definition) is 1. The van der Waals surface area contributed by atoms with Gasteiger partial charge in [-0.05, 0) is 32.0 Å². The number of benzene rings is 1. The molecule has 0 radical (unpaired) electrons. The van der Waals surface area contributed by atoms with Crippen molar-refractivity contribution < 1.29 is 0 Å². The molecule has 0 aliphatic rings. The summed E-state index contributed by atoms with van der Waals surface area (Å²) < 4.78 is 0. The first kappa shape index (κ1) is 14.0. The molecule has 1 N–H and O–H groups in total. The second-order valence-electron chi connectivity index (χ2n) is 5.05. The summed E-state index contributed by atoms with van der Waals surface area (Å²) in [6, 6.07) is 11.0. The standard InChI is InChI=1S/C15H26N2/c1-5-13(2)12-17(4)14(3)11-16-15-9-7-6-8-10-15/h6-10,13-14,16H,5,11-12H2,1-4H3. The first-order valence-corrected chi connectivity index (χ1v) is 6.62. The van der Waals surface area contributed by atoms with Gasteiger partial charge in [-0.15, -0.1) is 0 Å². The van der Waals surface area contributed by atoms with Gasteiger partial charge in [-0.25, -0.2) is 0 Å². The van der Waals surface area contributed by atoms with Gasteiger partial charge < -0.3 is 10.2 Å². The molecule has 0 aliphatic carbocycles. The van der Waals surface area contributed by atoms with Crippen molar-refractivity contribution in [1.82, 2.24) is 4.90 Å². The molecule has 2 atom stereocenters. The van der Waals surface area contributed by atoms with E-state index in [9.17, 15) is 0 Å². The van der Waals surface area contributed by atoms with Crippen LogP contribution in [0.5, 0.6) is 0 Å². The van der Waals surface area contributed by atoms with Gasteiger partial charge in [-0.3, -0.25) is 0 Å². The molecule has 1 aromatic carbocycles. The summed E-state index contributed by atoms with van der Waals surface area (Å²) >= 11 is 0. The molecule has 0 fully saturated rings. The maximum Gasteiger partial charge on any atom is 0.0340 e. The highest BCUT2D eigenvalue weighted by Crippen LogP contribution is 2.08. The summed E-state index contributed by atoms with van der Waals surface area (Å²) in [5.74, 6) is 0.777. The molecule has 0 bridgehead atoms. The van der Waals surface area contributed by atoms with Crippen molar-refractivity contribution in [1.29, 1.82) is 0 Å². The molecule has 1 aromatic rings. The average Bonchev–Trinajstić information content (AvgIpc) is 2.36. The van der Waals surface area contributed by atoms with Crippen LogP contribution in [0.1, 0.15) is 27.2 Å². The summed E-state index contributed by atoms with van der Waals surface area (Å²) in [4.78, 5) is 2.43. The fourth-order valence-corrected chi connectivity index (χ4v) is 1.78. The predicted molar refractivity (Wildman–Crippen MR) is 76.5 cm³/mol. The van der Waals surface area contributed by atoms with E-state index in [0.717, 1.165) is 12.5 Å². The third kappa shape index (κ3) is 5.22. The van der Waals surface area contributed by atoms with Crippen molar-refractivity contribution in [3.8, 4) is 0 Å². The van der Waals surface area contributed by atoms with Gasteiger partial charge in [0.2, 0.25) is 0 Å². The molecule has 0 aromatic heterocycles. The zero-order valence-electron chi connectivity index (χ0n) is 11.6. The Morgan fingerprint density at radius 1 is 1.18 bits per heavy atom. The van der Waals surface area contributed by atoms with E-state index < -0.39 is 0 Å². The van der Waals surface area contributed by atoms with Crippen molar-refractivity contribution in [3.05, 3.63) is 30.3 Å². The Balaban J connectivity index is 2.31. The third-order valence-electron chi connectivity index (χ3n) is 3.42. The number of nitrogens with one attached hydrogen (secondary N) is 1. The Morgan fingerprint density at radius 3 is 2.41 bits per heavy atom. The Morgan fingerprint density at radius 2 is 1.82 bits per heavy atom. The van der Waals surface area contributed by atoms with Crippen LogP contribution in [0.2, 0.25) is 0 Å². The van der Waals surface area contributed by atoms with Crippen molar-refractivity contribution in [2.45, 2.75) is 33.2 Å². The van der Waals surface area contributed by atoms with Crippen molar-refractivity contribution >= 4 is 5.69 Å². The van der Waals surface area contributed by atoms with Gasteiger partial charge in [0.1, 0.15) is 0 Å². The number of likely N-dealkylation sites (N-methyl/N-ethyl adjacent to an activating group) is 1. The first-order chi connectivity index (χ1) is 8.13. The molecular formula is C15H26N2. The SMILES string of the molecule is CCC(C)CN(C)C(C)CNc1ccccc1. The highest BCUT2D eigenvalue weighted by molar-refractivity contribution is 5.42. The second-order valence-corrected chi connectivity index (χ2v) is 5.05. The molecule has 0 saturated heterocycles. The maximum atomic E-state index is 3.47. The minimum absolute atomic E-state index is 0.559. The van der Waals surface area contributed by atoms with Gasteiger partial charge in [0.25, 0.3) is 0 Å². The number of rotatable bonds is 7. The highest BCUT2D eigenvalue weighted by Gasteiger charge is 2.11. The molecule has 96 valence electrons. The highest BCUT2D eigenvalue weighted by atomic mass is 15.1. The number of para-hydroxylation sites is 1.